The highest BCUT2D eigenvalue weighted by atomic mass is 32.1. The van der Waals surface area contributed by atoms with Gasteiger partial charge < -0.3 is 15.1 Å². The van der Waals surface area contributed by atoms with Gasteiger partial charge in [0.2, 0.25) is 11.8 Å². The van der Waals surface area contributed by atoms with E-state index in [4.69, 9.17) is 5.10 Å². The van der Waals surface area contributed by atoms with Crippen LogP contribution in [0, 0.1) is 5.82 Å². The van der Waals surface area contributed by atoms with Gasteiger partial charge >= 0.3 is 0 Å². The second kappa shape index (κ2) is 11.7. The molecule has 11 nitrogen and oxygen atoms in total. The minimum atomic E-state index is -0.581. The molecule has 1 saturated heterocycles. The number of rotatable bonds is 6. The first-order valence-electron chi connectivity index (χ1n) is 14.0. The number of carbonyl (C=O) groups excluding carboxylic acids is 3. The number of benzene rings is 1. The molecule has 0 bridgehead atoms. The Labute approximate surface area is 252 Å². The molecule has 0 saturated carbocycles. The Bertz CT molecular complexity index is 1710. The second-order valence-electron chi connectivity index (χ2n) is 10.8. The van der Waals surface area contributed by atoms with E-state index < -0.39 is 5.82 Å². The number of nitrogens with zero attached hydrogens (tertiary/aromatic N) is 7. The molecule has 4 aromatic rings. The second-order valence-corrected chi connectivity index (χ2v) is 11.8. The number of pyridine rings is 1. The van der Waals surface area contributed by atoms with Crippen LogP contribution in [0.3, 0.4) is 0 Å². The summed E-state index contributed by atoms with van der Waals surface area (Å²) in [5, 5.41) is 8.11. The number of hydrogen-bond acceptors (Lipinski definition) is 8. The van der Waals surface area contributed by atoms with Gasteiger partial charge in [-0.3, -0.25) is 24.3 Å². The molecule has 6 rings (SSSR count). The van der Waals surface area contributed by atoms with E-state index in [2.05, 4.69) is 15.3 Å². The number of hydrogen-bond donors (Lipinski definition) is 1. The number of thiazole rings is 1. The number of fused-ring (bicyclic) bond motifs is 3. The van der Waals surface area contributed by atoms with Crippen molar-refractivity contribution < 1.29 is 18.8 Å². The van der Waals surface area contributed by atoms with Gasteiger partial charge in [-0.1, -0.05) is 11.3 Å². The maximum Gasteiger partial charge on any atom is 0.254 e. The highest BCUT2D eigenvalue weighted by molar-refractivity contribution is 7.19. The standard InChI is InChI=1S/C30H31FN8O3S/c1-18(40)33-30-34-23-8-7-21-26(20-5-4-10-32-16-20)35-39(27(21)28(23)43-30)24-9-6-19(15-22(24)31)29(42)38-13-11-37(12-14-38)17-25(41)36(2)3/h4-6,9-10,15-16H,7-8,11-14,17H2,1-3H3,(H,33,34,40). The molecule has 1 aliphatic heterocycles. The molecular weight excluding hydrogens is 571 g/mol. The monoisotopic (exact) mass is 602 g/mol. The van der Waals surface area contributed by atoms with E-state index >= 15 is 4.39 Å². The van der Waals surface area contributed by atoms with Gasteiger partial charge in [0.1, 0.15) is 11.5 Å². The molecule has 1 N–H and O–H groups in total. The number of anilines is 1. The van der Waals surface area contributed by atoms with Crippen LogP contribution in [0.1, 0.15) is 28.5 Å². The summed E-state index contributed by atoms with van der Waals surface area (Å²) in [7, 11) is 3.44. The molecule has 0 atom stereocenters. The molecule has 2 aliphatic rings. The lowest BCUT2D eigenvalue weighted by atomic mass is 9.95. The average molecular weight is 603 g/mol. The van der Waals surface area contributed by atoms with Crippen LogP contribution in [0.2, 0.25) is 0 Å². The summed E-state index contributed by atoms with van der Waals surface area (Å²) < 4.78 is 17.5. The van der Waals surface area contributed by atoms with Crippen molar-refractivity contribution in [2.24, 2.45) is 0 Å². The van der Waals surface area contributed by atoms with Crippen LogP contribution in [0.5, 0.6) is 0 Å². The summed E-state index contributed by atoms with van der Waals surface area (Å²) in [4.78, 5) is 52.0. The van der Waals surface area contributed by atoms with Gasteiger partial charge in [0.25, 0.3) is 5.91 Å². The van der Waals surface area contributed by atoms with Gasteiger partial charge in [-0.25, -0.2) is 14.1 Å². The molecule has 0 unspecified atom stereocenters. The van der Waals surface area contributed by atoms with Gasteiger partial charge in [0.05, 0.1) is 28.5 Å². The third-order valence-corrected chi connectivity index (χ3v) is 8.69. The quantitative estimate of drug-likeness (QED) is 0.361. The van der Waals surface area contributed by atoms with Crippen LogP contribution >= 0.6 is 11.3 Å². The van der Waals surface area contributed by atoms with Crippen molar-refractivity contribution in [1.29, 1.82) is 0 Å². The van der Waals surface area contributed by atoms with E-state index in [1.54, 1.807) is 53.1 Å². The minimum absolute atomic E-state index is 0.0155. The maximum atomic E-state index is 15.9. The summed E-state index contributed by atoms with van der Waals surface area (Å²) in [5.41, 5.74) is 4.45. The molecule has 3 aromatic heterocycles. The number of aromatic nitrogens is 4. The Hall–Kier alpha value is -4.49. The number of aryl methyl sites for hydroxylation is 1. The normalized spacial score (nSPS) is 14.7. The van der Waals surface area contributed by atoms with Gasteiger partial charge in [0, 0.05) is 76.3 Å². The smallest absolute Gasteiger partial charge is 0.254 e. The summed E-state index contributed by atoms with van der Waals surface area (Å²) in [6.45, 7) is 3.78. The Balaban J connectivity index is 1.31. The third kappa shape index (κ3) is 5.65. The van der Waals surface area contributed by atoms with Gasteiger partial charge in [-0.05, 0) is 43.2 Å². The van der Waals surface area contributed by atoms with E-state index in [1.165, 1.54) is 24.3 Å². The Kier molecular flexibility index (Phi) is 7.75. The fourth-order valence-corrected chi connectivity index (χ4v) is 6.54. The molecule has 43 heavy (non-hydrogen) atoms. The predicted molar refractivity (Wildman–Crippen MR) is 161 cm³/mol. The van der Waals surface area contributed by atoms with Crippen LogP contribution in [-0.4, -0.2) is 99.0 Å². The predicted octanol–water partition coefficient (Wildman–Crippen LogP) is 3.10. The van der Waals surface area contributed by atoms with Crippen molar-refractivity contribution in [3.63, 3.8) is 0 Å². The van der Waals surface area contributed by atoms with Crippen LogP contribution in [0.15, 0.2) is 42.7 Å². The van der Waals surface area contributed by atoms with Crippen LogP contribution in [0.4, 0.5) is 9.52 Å². The van der Waals surface area contributed by atoms with Gasteiger partial charge in [0.15, 0.2) is 5.13 Å². The number of carbonyl (C=O) groups is 3. The van der Waals surface area contributed by atoms with Crippen molar-refractivity contribution in [3.05, 3.63) is 65.4 Å². The number of amides is 3. The first-order chi connectivity index (χ1) is 20.7. The van der Waals surface area contributed by atoms with Crippen LogP contribution in [0.25, 0.3) is 27.5 Å². The first kappa shape index (κ1) is 28.6. The van der Waals surface area contributed by atoms with E-state index in [-0.39, 0.29) is 29.0 Å². The van der Waals surface area contributed by atoms with Crippen molar-refractivity contribution in [2.45, 2.75) is 19.8 Å². The molecule has 0 radical (unpaired) electrons. The zero-order valence-electron chi connectivity index (χ0n) is 24.1. The molecular formula is C30H31FN8O3S. The Morgan fingerprint density at radius 3 is 2.56 bits per heavy atom. The van der Waals surface area contributed by atoms with Crippen molar-refractivity contribution >= 4 is 34.2 Å². The molecule has 222 valence electrons. The van der Waals surface area contributed by atoms with Crippen molar-refractivity contribution in [3.8, 4) is 27.5 Å². The molecule has 0 spiro atoms. The number of likely N-dealkylation sites (N-methyl/N-ethyl adjacent to an activating group) is 1. The summed E-state index contributed by atoms with van der Waals surface area (Å²) in [6.07, 6.45) is 4.71. The summed E-state index contributed by atoms with van der Waals surface area (Å²) in [5.74, 6) is -1.04. The zero-order chi connectivity index (χ0) is 30.2. The van der Waals surface area contributed by atoms with E-state index in [9.17, 15) is 14.4 Å². The highest BCUT2D eigenvalue weighted by Crippen LogP contribution is 2.44. The molecule has 4 heterocycles. The fourth-order valence-electron chi connectivity index (χ4n) is 5.42. The number of halogens is 1. The number of piperazine rings is 1. The number of nitrogens with one attached hydrogen (secondary N) is 1. The minimum Gasteiger partial charge on any atom is -0.348 e. The Morgan fingerprint density at radius 2 is 1.88 bits per heavy atom. The zero-order valence-corrected chi connectivity index (χ0v) is 24.9. The lowest BCUT2D eigenvalue weighted by molar-refractivity contribution is -0.130. The lowest BCUT2D eigenvalue weighted by Gasteiger charge is -2.34. The summed E-state index contributed by atoms with van der Waals surface area (Å²) in [6, 6.07) is 8.21. The topological polar surface area (TPSA) is 117 Å². The SMILES string of the molecule is CC(=O)Nc1nc2c(s1)-c1c(c(-c3cccnc3)nn1-c1ccc(C(=O)N3CCN(CC(=O)N(C)C)CC3)cc1F)CC2. The van der Waals surface area contributed by atoms with Gasteiger partial charge in [-0.15, -0.1) is 0 Å². The van der Waals surface area contributed by atoms with Crippen molar-refractivity contribution in [2.75, 3.05) is 52.1 Å². The first-order valence-corrected chi connectivity index (χ1v) is 14.8. The average Bonchev–Trinajstić information content (AvgIpc) is 3.58. The third-order valence-electron chi connectivity index (χ3n) is 7.67. The Morgan fingerprint density at radius 1 is 1.09 bits per heavy atom. The van der Waals surface area contributed by atoms with Crippen LogP contribution < -0.4 is 5.32 Å². The maximum absolute atomic E-state index is 15.9. The largest absolute Gasteiger partial charge is 0.348 e. The highest BCUT2D eigenvalue weighted by Gasteiger charge is 2.31. The van der Waals surface area contributed by atoms with Crippen molar-refractivity contribution in [1.82, 2.24) is 34.4 Å². The molecule has 1 aliphatic carbocycles. The molecule has 1 aromatic carbocycles. The molecule has 1 fully saturated rings. The lowest BCUT2D eigenvalue weighted by Crippen LogP contribution is -2.51. The van der Waals surface area contributed by atoms with E-state index in [0.29, 0.717) is 56.4 Å². The summed E-state index contributed by atoms with van der Waals surface area (Å²) >= 11 is 1.33. The fraction of sp³-hybridized carbons (Fsp3) is 0.333. The van der Waals surface area contributed by atoms with E-state index in [0.717, 1.165) is 27.4 Å². The van der Waals surface area contributed by atoms with E-state index in [1.807, 2.05) is 17.0 Å². The van der Waals surface area contributed by atoms with Crippen LogP contribution in [-0.2, 0) is 22.4 Å². The van der Waals surface area contributed by atoms with Gasteiger partial charge in [-0.2, -0.15) is 5.10 Å². The molecule has 3 amide bonds. The molecule has 13 heteroatoms.